The van der Waals surface area contributed by atoms with E-state index in [2.05, 4.69) is 27.8 Å². The molecule has 3 aromatic carbocycles. The Hall–Kier alpha value is -3.12. The van der Waals surface area contributed by atoms with Gasteiger partial charge in [0.1, 0.15) is 0 Å². The number of amides is 1. The number of hydrogen-bond donors (Lipinski definition) is 3. The molecule has 0 aliphatic heterocycles. The van der Waals surface area contributed by atoms with Gasteiger partial charge in [0, 0.05) is 21.2 Å². The van der Waals surface area contributed by atoms with Gasteiger partial charge in [0.25, 0.3) is 5.91 Å². The molecule has 1 amide bonds. The van der Waals surface area contributed by atoms with Crippen LogP contribution in [0.3, 0.4) is 0 Å². The summed E-state index contributed by atoms with van der Waals surface area (Å²) >= 11 is 3.39. The van der Waals surface area contributed by atoms with Crippen LogP contribution in [0.15, 0.2) is 70.0 Å². The first-order valence-electron chi connectivity index (χ1n) is 8.29. The van der Waals surface area contributed by atoms with Crippen molar-refractivity contribution in [3.63, 3.8) is 0 Å². The number of anilines is 1. The second kappa shape index (κ2) is 8.09. The summed E-state index contributed by atoms with van der Waals surface area (Å²) < 4.78 is 23.8. The maximum absolute atomic E-state index is 11.9. The van der Waals surface area contributed by atoms with Crippen LogP contribution in [0, 0.1) is 11.8 Å². The normalized spacial score (nSPS) is 10.8. The Morgan fingerprint density at radius 2 is 1.59 bits per heavy atom. The number of sulfonamides is 1. The Bertz CT molecular complexity index is 1270. The van der Waals surface area contributed by atoms with E-state index in [9.17, 15) is 13.2 Å². The van der Waals surface area contributed by atoms with Crippen LogP contribution in [0.4, 0.5) is 5.69 Å². The SMILES string of the molecule is NC(=O)c1cc(C#Cc2cccc(Br)c2)cc(-c2ccc(S(N)(=O)=O)cc2)c1N. The summed E-state index contributed by atoms with van der Waals surface area (Å²) in [4.78, 5) is 11.8. The molecule has 0 heterocycles. The molecule has 0 unspecified atom stereocenters. The van der Waals surface area contributed by atoms with E-state index in [1.807, 2.05) is 24.3 Å². The molecule has 0 atom stereocenters. The molecule has 6 N–H and O–H groups in total. The molecule has 3 aromatic rings. The van der Waals surface area contributed by atoms with E-state index in [0.29, 0.717) is 16.7 Å². The Labute approximate surface area is 176 Å². The lowest BCUT2D eigenvalue weighted by atomic mass is 9.97. The van der Waals surface area contributed by atoms with Gasteiger partial charge in [-0.2, -0.15) is 0 Å². The number of primary amides is 1. The molecule has 0 aliphatic carbocycles. The molecule has 3 rings (SSSR count). The number of primary sulfonamides is 1. The lowest BCUT2D eigenvalue weighted by Gasteiger charge is -2.11. The molecular formula is C21H16BrN3O3S. The van der Waals surface area contributed by atoms with Crippen LogP contribution in [-0.4, -0.2) is 14.3 Å². The highest BCUT2D eigenvalue weighted by molar-refractivity contribution is 9.10. The largest absolute Gasteiger partial charge is 0.398 e. The van der Waals surface area contributed by atoms with Gasteiger partial charge in [-0.15, -0.1) is 0 Å². The van der Waals surface area contributed by atoms with Gasteiger partial charge in [-0.25, -0.2) is 13.6 Å². The predicted molar refractivity (Wildman–Crippen MR) is 116 cm³/mol. The highest BCUT2D eigenvalue weighted by atomic mass is 79.9. The molecule has 8 heteroatoms. The molecule has 0 fully saturated rings. The number of hydrogen-bond acceptors (Lipinski definition) is 4. The van der Waals surface area contributed by atoms with Crippen molar-refractivity contribution < 1.29 is 13.2 Å². The molecule has 0 aromatic heterocycles. The maximum atomic E-state index is 11.9. The van der Waals surface area contributed by atoms with Gasteiger partial charge < -0.3 is 11.5 Å². The second-order valence-corrected chi connectivity index (χ2v) is 8.66. The monoisotopic (exact) mass is 469 g/mol. The van der Waals surface area contributed by atoms with E-state index < -0.39 is 15.9 Å². The van der Waals surface area contributed by atoms with Crippen molar-refractivity contribution in [2.24, 2.45) is 10.9 Å². The van der Waals surface area contributed by atoms with Crippen LogP contribution in [0.2, 0.25) is 0 Å². The molecule has 0 radical (unpaired) electrons. The fourth-order valence-electron chi connectivity index (χ4n) is 2.70. The quantitative estimate of drug-likeness (QED) is 0.402. The van der Waals surface area contributed by atoms with Crippen molar-refractivity contribution in [3.8, 4) is 23.0 Å². The zero-order valence-corrected chi connectivity index (χ0v) is 17.4. The Morgan fingerprint density at radius 1 is 0.931 bits per heavy atom. The first-order chi connectivity index (χ1) is 13.6. The van der Waals surface area contributed by atoms with Crippen LogP contribution in [0.1, 0.15) is 21.5 Å². The number of rotatable bonds is 3. The van der Waals surface area contributed by atoms with E-state index in [1.165, 1.54) is 18.2 Å². The Kier molecular flexibility index (Phi) is 5.75. The minimum Gasteiger partial charge on any atom is -0.398 e. The molecule has 6 nitrogen and oxygen atoms in total. The molecule has 0 saturated heterocycles. The van der Waals surface area contributed by atoms with Crippen LogP contribution in [0.5, 0.6) is 0 Å². The molecule has 0 spiro atoms. The van der Waals surface area contributed by atoms with Gasteiger partial charge in [-0.05, 0) is 48.0 Å². The first kappa shape index (κ1) is 20.6. The summed E-state index contributed by atoms with van der Waals surface area (Å²) in [6.45, 7) is 0. The van der Waals surface area contributed by atoms with E-state index in [-0.39, 0.29) is 16.1 Å². The standard InChI is InChI=1S/C21H16BrN3O3S/c22-16-3-1-2-13(10-16)4-5-14-11-18(20(23)19(12-14)21(24)26)15-6-8-17(9-7-15)29(25,27)28/h1-3,6-12H,23H2,(H2,24,26)(H2,25,27,28). The van der Waals surface area contributed by atoms with Gasteiger partial charge in [-0.1, -0.05) is 46.0 Å². The topological polar surface area (TPSA) is 129 Å². The third kappa shape index (κ3) is 4.84. The van der Waals surface area contributed by atoms with Gasteiger partial charge >= 0.3 is 0 Å². The summed E-state index contributed by atoms with van der Waals surface area (Å²) in [5.74, 6) is 5.35. The third-order valence-corrected chi connectivity index (χ3v) is 5.54. The molecule has 0 bridgehead atoms. The van der Waals surface area contributed by atoms with Gasteiger partial charge in [0.05, 0.1) is 16.1 Å². The van der Waals surface area contributed by atoms with E-state index in [4.69, 9.17) is 16.6 Å². The van der Waals surface area contributed by atoms with Crippen molar-refractivity contribution in [1.29, 1.82) is 0 Å². The second-order valence-electron chi connectivity index (χ2n) is 6.18. The summed E-state index contributed by atoms with van der Waals surface area (Å²) in [6, 6.07) is 16.6. The van der Waals surface area contributed by atoms with Crippen molar-refractivity contribution in [2.45, 2.75) is 4.90 Å². The maximum Gasteiger partial charge on any atom is 0.250 e. The van der Waals surface area contributed by atoms with Gasteiger partial charge in [0.2, 0.25) is 10.0 Å². The number of nitrogen functional groups attached to an aromatic ring is 1. The lowest BCUT2D eigenvalue weighted by molar-refractivity contribution is 0.100. The average molecular weight is 470 g/mol. The van der Waals surface area contributed by atoms with E-state index >= 15 is 0 Å². The number of carbonyl (C=O) groups excluding carboxylic acids is 1. The fourth-order valence-corrected chi connectivity index (χ4v) is 3.62. The summed E-state index contributed by atoms with van der Waals surface area (Å²) in [7, 11) is -3.82. The van der Waals surface area contributed by atoms with Crippen molar-refractivity contribution in [2.75, 3.05) is 5.73 Å². The number of benzene rings is 3. The molecule has 0 aliphatic rings. The smallest absolute Gasteiger partial charge is 0.250 e. The van der Waals surface area contributed by atoms with Crippen LogP contribution in [0.25, 0.3) is 11.1 Å². The van der Waals surface area contributed by atoms with Crippen LogP contribution in [-0.2, 0) is 10.0 Å². The van der Waals surface area contributed by atoms with Crippen molar-refractivity contribution >= 4 is 37.5 Å². The van der Waals surface area contributed by atoms with Gasteiger partial charge in [-0.3, -0.25) is 4.79 Å². The van der Waals surface area contributed by atoms with Crippen LogP contribution < -0.4 is 16.6 Å². The fraction of sp³-hybridized carbons (Fsp3) is 0. The lowest BCUT2D eigenvalue weighted by Crippen LogP contribution is -2.14. The number of halogens is 1. The predicted octanol–water partition coefficient (Wildman–Crippen LogP) is 2.84. The molecule has 0 saturated carbocycles. The summed E-state index contributed by atoms with van der Waals surface area (Å²) in [5.41, 5.74) is 14.4. The molecule has 146 valence electrons. The molecular weight excluding hydrogens is 454 g/mol. The highest BCUT2D eigenvalue weighted by Gasteiger charge is 2.14. The summed E-state index contributed by atoms with van der Waals surface area (Å²) in [5, 5.41) is 5.13. The minimum absolute atomic E-state index is 0.0273. The van der Waals surface area contributed by atoms with E-state index in [0.717, 1.165) is 10.0 Å². The summed E-state index contributed by atoms with van der Waals surface area (Å²) in [6.07, 6.45) is 0. The molecule has 29 heavy (non-hydrogen) atoms. The van der Waals surface area contributed by atoms with Crippen LogP contribution >= 0.6 is 15.9 Å². The zero-order chi connectivity index (χ0) is 21.2. The average Bonchev–Trinajstić information content (AvgIpc) is 2.66. The zero-order valence-electron chi connectivity index (χ0n) is 15.0. The number of carbonyl (C=O) groups is 1. The van der Waals surface area contributed by atoms with Gasteiger partial charge in [0.15, 0.2) is 0 Å². The minimum atomic E-state index is -3.82. The van der Waals surface area contributed by atoms with Crippen molar-refractivity contribution in [3.05, 3.63) is 81.8 Å². The third-order valence-electron chi connectivity index (χ3n) is 4.12. The highest BCUT2D eigenvalue weighted by Crippen LogP contribution is 2.31. The Morgan fingerprint density at radius 3 is 2.17 bits per heavy atom. The van der Waals surface area contributed by atoms with E-state index in [1.54, 1.807) is 18.2 Å². The number of nitrogens with two attached hydrogens (primary N) is 3. The Balaban J connectivity index is 2.11. The van der Waals surface area contributed by atoms with Crippen molar-refractivity contribution in [1.82, 2.24) is 0 Å². The first-order valence-corrected chi connectivity index (χ1v) is 10.6.